The number of nitrogens with zero attached hydrogens (tertiary/aromatic N) is 2. The molecule has 0 aliphatic carbocycles. The highest BCUT2D eigenvalue weighted by atomic mass is 15.2. The minimum atomic E-state index is 0.777. The van der Waals surface area contributed by atoms with Gasteiger partial charge in [0.05, 0.1) is 5.69 Å². The van der Waals surface area contributed by atoms with E-state index in [4.69, 9.17) is 4.98 Å². The van der Waals surface area contributed by atoms with Crippen LogP contribution in [0.2, 0.25) is 0 Å². The number of pyridine rings is 1. The summed E-state index contributed by atoms with van der Waals surface area (Å²) in [4.78, 5) is 7.22. The van der Waals surface area contributed by atoms with Crippen molar-refractivity contribution in [3.63, 3.8) is 0 Å². The molecule has 0 aromatic carbocycles. The molecule has 1 saturated heterocycles. The first-order valence-corrected chi connectivity index (χ1v) is 7.62. The third kappa shape index (κ3) is 3.93. The minimum absolute atomic E-state index is 0.777. The second-order valence-corrected chi connectivity index (χ2v) is 5.90. The Hall–Kier alpha value is -1.09. The third-order valence-corrected chi connectivity index (χ3v) is 4.02. The Kier molecular flexibility index (Phi) is 5.20. The Labute approximate surface area is 117 Å². The van der Waals surface area contributed by atoms with Crippen molar-refractivity contribution >= 4 is 5.82 Å². The summed E-state index contributed by atoms with van der Waals surface area (Å²) in [6.07, 6.45) is 2.47. The van der Waals surface area contributed by atoms with Crippen LogP contribution in [0.3, 0.4) is 0 Å². The van der Waals surface area contributed by atoms with Crippen molar-refractivity contribution in [3.8, 4) is 0 Å². The van der Waals surface area contributed by atoms with Crippen molar-refractivity contribution in [3.05, 3.63) is 23.9 Å². The zero-order chi connectivity index (χ0) is 13.7. The summed E-state index contributed by atoms with van der Waals surface area (Å²) in [5.41, 5.74) is 1.15. The molecule has 3 nitrogen and oxygen atoms in total. The summed E-state index contributed by atoms with van der Waals surface area (Å²) >= 11 is 0. The topological polar surface area (TPSA) is 28.2 Å². The lowest BCUT2D eigenvalue weighted by Crippen LogP contribution is -2.23. The van der Waals surface area contributed by atoms with Gasteiger partial charge in [-0.25, -0.2) is 4.98 Å². The smallest absolute Gasteiger partial charge is 0.128 e. The first-order valence-electron chi connectivity index (χ1n) is 7.62. The monoisotopic (exact) mass is 261 g/mol. The Balaban J connectivity index is 1.95. The highest BCUT2D eigenvalue weighted by Gasteiger charge is 2.25. The maximum absolute atomic E-state index is 4.78. The van der Waals surface area contributed by atoms with Crippen LogP contribution in [0.5, 0.6) is 0 Å². The Bertz CT molecular complexity index is 389. The normalized spacial score (nSPS) is 19.4. The molecule has 1 aliphatic rings. The molecule has 1 aromatic rings. The molecule has 0 spiro atoms. The molecule has 0 bridgehead atoms. The van der Waals surface area contributed by atoms with Crippen LogP contribution in [0.15, 0.2) is 18.2 Å². The number of nitrogens with one attached hydrogen (secondary N) is 1. The summed E-state index contributed by atoms with van der Waals surface area (Å²) in [7, 11) is 0. The Morgan fingerprint density at radius 3 is 2.95 bits per heavy atom. The van der Waals surface area contributed by atoms with Gasteiger partial charge in [-0.05, 0) is 43.4 Å². The predicted molar refractivity (Wildman–Crippen MR) is 81.4 cm³/mol. The molecular formula is C16H27N3. The van der Waals surface area contributed by atoms with Gasteiger partial charge in [0.1, 0.15) is 5.82 Å². The van der Waals surface area contributed by atoms with Crippen LogP contribution in [0.25, 0.3) is 0 Å². The standard InChI is InChI=1S/C16H27N3/c1-4-9-17-11-15-6-5-7-16(18-15)19-10-8-14(12-19)13(2)3/h5-7,13-14,17H,4,8-12H2,1-3H3. The van der Waals surface area contributed by atoms with Gasteiger partial charge in [-0.15, -0.1) is 0 Å². The quantitative estimate of drug-likeness (QED) is 0.798. The lowest BCUT2D eigenvalue weighted by atomic mass is 9.95. The first kappa shape index (κ1) is 14.3. The van der Waals surface area contributed by atoms with Crippen LogP contribution >= 0.6 is 0 Å². The second-order valence-electron chi connectivity index (χ2n) is 5.90. The lowest BCUT2D eigenvalue weighted by molar-refractivity contribution is 0.422. The number of aromatic nitrogens is 1. The number of hydrogen-bond donors (Lipinski definition) is 1. The van der Waals surface area contributed by atoms with Gasteiger partial charge in [-0.1, -0.05) is 26.8 Å². The van der Waals surface area contributed by atoms with Crippen LogP contribution < -0.4 is 10.2 Å². The molecule has 0 saturated carbocycles. The van der Waals surface area contributed by atoms with E-state index >= 15 is 0 Å². The number of rotatable bonds is 6. The molecule has 2 rings (SSSR count). The molecule has 1 atom stereocenters. The molecule has 1 fully saturated rings. The number of hydrogen-bond acceptors (Lipinski definition) is 3. The van der Waals surface area contributed by atoms with E-state index in [2.05, 4.69) is 49.2 Å². The average molecular weight is 261 g/mol. The molecule has 0 radical (unpaired) electrons. The average Bonchev–Trinajstić information content (AvgIpc) is 2.89. The van der Waals surface area contributed by atoms with Gasteiger partial charge in [0.15, 0.2) is 0 Å². The summed E-state index contributed by atoms with van der Waals surface area (Å²) in [5.74, 6) is 2.75. The zero-order valence-electron chi connectivity index (χ0n) is 12.5. The van der Waals surface area contributed by atoms with E-state index in [1.54, 1.807) is 0 Å². The van der Waals surface area contributed by atoms with E-state index in [1.165, 1.54) is 12.8 Å². The van der Waals surface area contributed by atoms with Crippen molar-refractivity contribution in [2.75, 3.05) is 24.5 Å². The molecule has 3 heteroatoms. The minimum Gasteiger partial charge on any atom is -0.356 e. The van der Waals surface area contributed by atoms with Crippen LogP contribution in [-0.2, 0) is 6.54 Å². The first-order chi connectivity index (χ1) is 9.20. The van der Waals surface area contributed by atoms with E-state index in [9.17, 15) is 0 Å². The Morgan fingerprint density at radius 1 is 1.42 bits per heavy atom. The molecular weight excluding hydrogens is 234 g/mol. The van der Waals surface area contributed by atoms with Gasteiger partial charge in [-0.3, -0.25) is 0 Å². The predicted octanol–water partition coefficient (Wildman–Crippen LogP) is 3.06. The van der Waals surface area contributed by atoms with E-state index in [0.29, 0.717) is 0 Å². The van der Waals surface area contributed by atoms with Crippen molar-refractivity contribution in [2.24, 2.45) is 11.8 Å². The van der Waals surface area contributed by atoms with E-state index < -0.39 is 0 Å². The summed E-state index contributed by atoms with van der Waals surface area (Å²) in [6.45, 7) is 11.1. The highest BCUT2D eigenvalue weighted by molar-refractivity contribution is 5.40. The molecule has 1 N–H and O–H groups in total. The summed E-state index contributed by atoms with van der Waals surface area (Å²) in [5, 5.41) is 3.42. The molecule has 1 aliphatic heterocycles. The van der Waals surface area contributed by atoms with Gasteiger partial charge in [-0.2, -0.15) is 0 Å². The largest absolute Gasteiger partial charge is 0.356 e. The van der Waals surface area contributed by atoms with E-state index in [1.807, 2.05) is 0 Å². The van der Waals surface area contributed by atoms with Gasteiger partial charge < -0.3 is 10.2 Å². The fourth-order valence-electron chi connectivity index (χ4n) is 2.67. The van der Waals surface area contributed by atoms with Crippen LogP contribution in [-0.4, -0.2) is 24.6 Å². The van der Waals surface area contributed by atoms with E-state index in [0.717, 1.165) is 49.5 Å². The fraction of sp³-hybridized carbons (Fsp3) is 0.688. The van der Waals surface area contributed by atoms with Crippen molar-refractivity contribution in [1.82, 2.24) is 10.3 Å². The molecule has 106 valence electrons. The SMILES string of the molecule is CCCNCc1cccc(N2CCC(C(C)C)C2)n1. The summed E-state index contributed by atoms with van der Waals surface area (Å²) in [6, 6.07) is 6.39. The highest BCUT2D eigenvalue weighted by Crippen LogP contribution is 2.27. The zero-order valence-corrected chi connectivity index (χ0v) is 12.5. The van der Waals surface area contributed by atoms with Gasteiger partial charge in [0.2, 0.25) is 0 Å². The van der Waals surface area contributed by atoms with Crippen LogP contribution in [0.1, 0.15) is 39.3 Å². The Morgan fingerprint density at radius 2 is 2.26 bits per heavy atom. The molecule has 1 unspecified atom stereocenters. The third-order valence-electron chi connectivity index (χ3n) is 4.02. The second kappa shape index (κ2) is 6.90. The van der Waals surface area contributed by atoms with Crippen molar-refractivity contribution in [2.45, 2.75) is 40.2 Å². The van der Waals surface area contributed by atoms with Crippen molar-refractivity contribution < 1.29 is 0 Å². The van der Waals surface area contributed by atoms with Crippen LogP contribution in [0, 0.1) is 11.8 Å². The lowest BCUT2D eigenvalue weighted by Gasteiger charge is -2.19. The molecule has 1 aromatic heterocycles. The fourth-order valence-corrected chi connectivity index (χ4v) is 2.67. The maximum atomic E-state index is 4.78. The van der Waals surface area contributed by atoms with Crippen LogP contribution in [0.4, 0.5) is 5.82 Å². The molecule has 19 heavy (non-hydrogen) atoms. The van der Waals surface area contributed by atoms with Gasteiger partial charge in [0.25, 0.3) is 0 Å². The van der Waals surface area contributed by atoms with Crippen molar-refractivity contribution in [1.29, 1.82) is 0 Å². The summed E-state index contributed by atoms with van der Waals surface area (Å²) < 4.78 is 0. The van der Waals surface area contributed by atoms with Gasteiger partial charge in [0, 0.05) is 19.6 Å². The van der Waals surface area contributed by atoms with Gasteiger partial charge >= 0.3 is 0 Å². The maximum Gasteiger partial charge on any atom is 0.128 e. The molecule has 0 amide bonds. The number of anilines is 1. The van der Waals surface area contributed by atoms with E-state index in [-0.39, 0.29) is 0 Å². The molecule has 2 heterocycles.